The molecule has 0 fully saturated rings. The van der Waals surface area contributed by atoms with Gasteiger partial charge in [-0.05, 0) is 49.4 Å². The summed E-state index contributed by atoms with van der Waals surface area (Å²) in [6.45, 7) is 1.73. The number of furan rings is 1. The number of benzene rings is 2. The molecule has 1 N–H and O–H groups in total. The van der Waals surface area contributed by atoms with E-state index in [-0.39, 0.29) is 36.3 Å². The van der Waals surface area contributed by atoms with Gasteiger partial charge < -0.3 is 19.2 Å². The molecule has 1 aliphatic rings. The van der Waals surface area contributed by atoms with Crippen LogP contribution in [0.4, 0.5) is 5.69 Å². The Morgan fingerprint density at radius 3 is 2.59 bits per heavy atom. The normalized spacial score (nSPS) is 12.1. The van der Waals surface area contributed by atoms with E-state index in [2.05, 4.69) is 10.3 Å². The third kappa shape index (κ3) is 4.40. The van der Waals surface area contributed by atoms with Gasteiger partial charge in [-0.1, -0.05) is 11.8 Å². The molecule has 0 radical (unpaired) electrons. The lowest BCUT2D eigenvalue weighted by Crippen LogP contribution is -2.24. The van der Waals surface area contributed by atoms with Crippen LogP contribution in [-0.2, 0) is 11.3 Å². The molecule has 4 aromatic rings. The van der Waals surface area contributed by atoms with Crippen molar-refractivity contribution in [3.05, 3.63) is 76.5 Å². The largest absolute Gasteiger partial charge is 0.467 e. The van der Waals surface area contributed by atoms with Gasteiger partial charge in [0.25, 0.3) is 5.56 Å². The minimum Gasteiger partial charge on any atom is -0.467 e. The molecule has 172 valence electrons. The second-order valence-corrected chi connectivity index (χ2v) is 8.50. The fourth-order valence-electron chi connectivity index (χ4n) is 3.51. The van der Waals surface area contributed by atoms with Crippen molar-refractivity contribution in [2.24, 2.45) is 0 Å². The second kappa shape index (κ2) is 9.06. The van der Waals surface area contributed by atoms with Crippen molar-refractivity contribution >= 4 is 40.0 Å². The second-order valence-electron chi connectivity index (χ2n) is 7.56. The molecule has 0 saturated heterocycles. The maximum Gasteiger partial charge on any atom is 0.262 e. The number of ketones is 1. The Morgan fingerprint density at radius 1 is 1.12 bits per heavy atom. The number of carbonyl (C=O) groups excluding carboxylic acids is 2. The van der Waals surface area contributed by atoms with Gasteiger partial charge in [0.1, 0.15) is 5.76 Å². The number of hydrogen-bond acceptors (Lipinski definition) is 8. The van der Waals surface area contributed by atoms with Gasteiger partial charge in [0.2, 0.25) is 12.7 Å². The van der Waals surface area contributed by atoms with E-state index < -0.39 is 0 Å². The summed E-state index contributed by atoms with van der Waals surface area (Å²) in [6, 6.07) is 13.4. The number of hydrogen-bond donors (Lipinski definition) is 1. The summed E-state index contributed by atoms with van der Waals surface area (Å²) < 4.78 is 17.7. The molecule has 0 unspecified atom stereocenters. The highest BCUT2D eigenvalue weighted by Crippen LogP contribution is 2.35. The standard InChI is InChI=1S/C24H19N3O6S/c1-14(28)15-4-6-16(7-5-15)25-22(29)12-34-24-26-19-10-21-20(32-13-33-21)9-18(19)23(30)27(24)11-17-3-2-8-31-17/h2-10H,11-13H2,1H3,(H,25,29). The molecule has 9 nitrogen and oxygen atoms in total. The van der Waals surface area contributed by atoms with Crippen LogP contribution in [0.15, 0.2) is 69.2 Å². The molecule has 5 rings (SSSR count). The summed E-state index contributed by atoms with van der Waals surface area (Å²) in [5.74, 6) is 1.30. The lowest BCUT2D eigenvalue weighted by atomic mass is 10.1. The number of nitrogens with zero attached hydrogens (tertiary/aromatic N) is 2. The van der Waals surface area contributed by atoms with E-state index in [1.54, 1.807) is 48.5 Å². The van der Waals surface area contributed by atoms with Crippen molar-refractivity contribution in [2.45, 2.75) is 18.6 Å². The average Bonchev–Trinajstić information content (AvgIpc) is 3.50. The van der Waals surface area contributed by atoms with E-state index in [1.165, 1.54) is 17.8 Å². The highest BCUT2D eigenvalue weighted by molar-refractivity contribution is 7.99. The molecule has 0 bridgehead atoms. The number of carbonyl (C=O) groups is 2. The van der Waals surface area contributed by atoms with Gasteiger partial charge in [-0.2, -0.15) is 0 Å². The lowest BCUT2D eigenvalue weighted by molar-refractivity contribution is -0.113. The van der Waals surface area contributed by atoms with Gasteiger partial charge in [-0.3, -0.25) is 19.0 Å². The quantitative estimate of drug-likeness (QED) is 0.244. The Hall–Kier alpha value is -4.05. The molecule has 0 saturated carbocycles. The smallest absolute Gasteiger partial charge is 0.262 e. The first-order valence-electron chi connectivity index (χ1n) is 10.4. The molecule has 1 amide bonds. The molecule has 1 aliphatic heterocycles. The maximum atomic E-state index is 13.3. The zero-order chi connectivity index (χ0) is 23.7. The first-order chi connectivity index (χ1) is 16.5. The topological polar surface area (TPSA) is 113 Å². The first-order valence-corrected chi connectivity index (χ1v) is 11.4. The molecule has 34 heavy (non-hydrogen) atoms. The summed E-state index contributed by atoms with van der Waals surface area (Å²) >= 11 is 1.14. The van der Waals surface area contributed by atoms with E-state index in [0.717, 1.165) is 11.8 Å². The fourth-order valence-corrected chi connectivity index (χ4v) is 4.31. The summed E-state index contributed by atoms with van der Waals surface area (Å²) in [4.78, 5) is 42.0. The first kappa shape index (κ1) is 21.8. The predicted molar refractivity (Wildman–Crippen MR) is 126 cm³/mol. The SMILES string of the molecule is CC(=O)c1ccc(NC(=O)CSc2nc3cc4c(cc3c(=O)n2Cc2ccco2)OCO4)cc1. The number of ether oxygens (including phenoxy) is 2. The summed E-state index contributed by atoms with van der Waals surface area (Å²) in [6.07, 6.45) is 1.53. The lowest BCUT2D eigenvalue weighted by Gasteiger charge is -2.13. The minimum absolute atomic E-state index is 0.0229. The van der Waals surface area contributed by atoms with Crippen LogP contribution in [0.2, 0.25) is 0 Å². The van der Waals surface area contributed by atoms with Crippen molar-refractivity contribution in [3.63, 3.8) is 0 Å². The molecule has 10 heteroatoms. The monoisotopic (exact) mass is 477 g/mol. The number of thioether (sulfide) groups is 1. The molecule has 0 atom stereocenters. The molecule has 0 aliphatic carbocycles. The van der Waals surface area contributed by atoms with Crippen LogP contribution in [0.5, 0.6) is 11.5 Å². The molecule has 2 aromatic carbocycles. The van der Waals surface area contributed by atoms with Gasteiger partial charge in [0.05, 0.1) is 29.5 Å². The van der Waals surface area contributed by atoms with Crippen LogP contribution in [0, 0.1) is 0 Å². The Balaban J connectivity index is 1.41. The number of fused-ring (bicyclic) bond motifs is 2. The van der Waals surface area contributed by atoms with Gasteiger partial charge in [0, 0.05) is 17.3 Å². The van der Waals surface area contributed by atoms with Crippen LogP contribution in [0.3, 0.4) is 0 Å². The summed E-state index contributed by atoms with van der Waals surface area (Å²) in [7, 11) is 0. The Labute approximate surface area is 197 Å². The number of rotatable bonds is 7. The zero-order valence-electron chi connectivity index (χ0n) is 18.1. The third-order valence-corrected chi connectivity index (χ3v) is 6.19. The van der Waals surface area contributed by atoms with E-state index in [4.69, 9.17) is 13.9 Å². The van der Waals surface area contributed by atoms with E-state index in [1.807, 2.05) is 0 Å². The van der Waals surface area contributed by atoms with Gasteiger partial charge in [-0.15, -0.1) is 0 Å². The molecule has 2 aromatic heterocycles. The van der Waals surface area contributed by atoms with Crippen LogP contribution in [0.1, 0.15) is 23.0 Å². The fraction of sp³-hybridized carbons (Fsp3) is 0.167. The third-order valence-electron chi connectivity index (χ3n) is 5.22. The number of nitrogens with one attached hydrogen (secondary N) is 1. The van der Waals surface area contributed by atoms with E-state index >= 15 is 0 Å². The van der Waals surface area contributed by atoms with Crippen molar-refractivity contribution in [3.8, 4) is 11.5 Å². The predicted octanol–water partition coefficient (Wildman–Crippen LogP) is 3.70. The highest BCUT2D eigenvalue weighted by Gasteiger charge is 2.20. The number of amides is 1. The van der Waals surface area contributed by atoms with Crippen LogP contribution in [-0.4, -0.2) is 33.8 Å². The van der Waals surface area contributed by atoms with E-state index in [9.17, 15) is 14.4 Å². The molecule has 0 spiro atoms. The zero-order valence-corrected chi connectivity index (χ0v) is 18.9. The van der Waals surface area contributed by atoms with Crippen LogP contribution < -0.4 is 20.3 Å². The van der Waals surface area contributed by atoms with Crippen molar-refractivity contribution in [1.82, 2.24) is 9.55 Å². The minimum atomic E-state index is -0.276. The summed E-state index contributed by atoms with van der Waals surface area (Å²) in [5, 5.41) is 3.54. The van der Waals surface area contributed by atoms with E-state index in [0.29, 0.717) is 44.6 Å². The Kier molecular flexibility index (Phi) is 5.81. The van der Waals surface area contributed by atoms with Gasteiger partial charge >= 0.3 is 0 Å². The van der Waals surface area contributed by atoms with Crippen molar-refractivity contribution < 1.29 is 23.5 Å². The molecular formula is C24H19N3O6S. The van der Waals surface area contributed by atoms with Crippen LogP contribution >= 0.6 is 11.8 Å². The Morgan fingerprint density at radius 2 is 1.88 bits per heavy atom. The molecular weight excluding hydrogens is 458 g/mol. The molecule has 3 heterocycles. The average molecular weight is 477 g/mol. The van der Waals surface area contributed by atoms with Crippen molar-refractivity contribution in [1.29, 1.82) is 0 Å². The van der Waals surface area contributed by atoms with Gasteiger partial charge in [0.15, 0.2) is 22.4 Å². The number of aromatic nitrogens is 2. The highest BCUT2D eigenvalue weighted by atomic mass is 32.2. The number of anilines is 1. The van der Waals surface area contributed by atoms with Crippen molar-refractivity contribution in [2.75, 3.05) is 17.9 Å². The van der Waals surface area contributed by atoms with Gasteiger partial charge in [-0.25, -0.2) is 4.98 Å². The number of Topliss-reactive ketones (excluding diaryl/α,β-unsaturated/α-hetero) is 1. The van der Waals surface area contributed by atoms with Crippen LogP contribution in [0.25, 0.3) is 10.9 Å². The Bertz CT molecular complexity index is 1440. The maximum absolute atomic E-state index is 13.3. The summed E-state index contributed by atoms with van der Waals surface area (Å²) in [5.41, 5.74) is 1.31.